The second-order valence-electron chi connectivity index (χ2n) is 3.45. The van der Waals surface area contributed by atoms with E-state index in [0.717, 1.165) is 29.3 Å². The van der Waals surface area contributed by atoms with Crippen LogP contribution in [0.1, 0.15) is 37.8 Å². The van der Waals surface area contributed by atoms with E-state index in [9.17, 15) is 4.39 Å². The summed E-state index contributed by atoms with van der Waals surface area (Å²) in [6.07, 6.45) is 3.10. The predicted molar refractivity (Wildman–Crippen MR) is 60.6 cm³/mol. The van der Waals surface area contributed by atoms with Gasteiger partial charge in [-0.1, -0.05) is 35.7 Å². The van der Waals surface area contributed by atoms with Crippen molar-refractivity contribution in [3.63, 3.8) is 0 Å². The van der Waals surface area contributed by atoms with Crippen LogP contribution in [0.3, 0.4) is 0 Å². The molecule has 0 radical (unpaired) electrons. The van der Waals surface area contributed by atoms with Gasteiger partial charge in [-0.05, 0) is 30.2 Å². The van der Waals surface area contributed by atoms with Crippen molar-refractivity contribution in [2.75, 3.05) is 0 Å². The van der Waals surface area contributed by atoms with E-state index in [2.05, 4.69) is 22.9 Å². The monoisotopic (exact) mass is 259 g/mol. The van der Waals surface area contributed by atoms with Crippen molar-refractivity contribution in [2.45, 2.75) is 32.2 Å². The fourth-order valence-corrected chi connectivity index (χ4v) is 1.86. The molecule has 0 saturated heterocycles. The lowest BCUT2D eigenvalue weighted by atomic mass is 10.0. The third-order valence-corrected chi connectivity index (χ3v) is 2.64. The highest BCUT2D eigenvalue weighted by molar-refractivity contribution is 9.10. The summed E-state index contributed by atoms with van der Waals surface area (Å²) in [6, 6.07) is 4.77. The highest BCUT2D eigenvalue weighted by Gasteiger charge is 2.07. The number of unbranched alkanes of at least 4 members (excludes halogenated alkanes) is 1. The van der Waals surface area contributed by atoms with E-state index in [0.29, 0.717) is 0 Å². The minimum Gasteiger partial charge on any atom is -0.324 e. The Hall–Kier alpha value is -0.410. The first-order valence-corrected chi connectivity index (χ1v) is 5.64. The van der Waals surface area contributed by atoms with Crippen LogP contribution < -0.4 is 5.73 Å². The molecule has 1 aromatic carbocycles. The lowest BCUT2D eigenvalue weighted by Gasteiger charge is -2.11. The van der Waals surface area contributed by atoms with Gasteiger partial charge < -0.3 is 5.73 Å². The topological polar surface area (TPSA) is 26.0 Å². The molecule has 1 atom stereocenters. The van der Waals surface area contributed by atoms with Crippen LogP contribution in [0.25, 0.3) is 0 Å². The third kappa shape index (κ3) is 3.39. The normalized spacial score (nSPS) is 12.9. The van der Waals surface area contributed by atoms with E-state index in [1.165, 1.54) is 12.1 Å². The molecule has 1 nitrogen and oxygen atoms in total. The number of halogens is 2. The maximum atomic E-state index is 13.0. The van der Waals surface area contributed by atoms with Crippen molar-refractivity contribution < 1.29 is 4.39 Å². The first-order valence-electron chi connectivity index (χ1n) is 4.85. The van der Waals surface area contributed by atoms with E-state index < -0.39 is 0 Å². The smallest absolute Gasteiger partial charge is 0.124 e. The Morgan fingerprint density at radius 3 is 2.71 bits per heavy atom. The molecular formula is C11H15BrFN. The molecule has 0 fully saturated rings. The number of hydrogen-bond donors (Lipinski definition) is 1. The molecule has 0 aromatic heterocycles. The quantitative estimate of drug-likeness (QED) is 0.875. The number of hydrogen-bond acceptors (Lipinski definition) is 1. The molecule has 1 aromatic rings. The molecule has 78 valence electrons. The molecule has 0 aliphatic heterocycles. The second-order valence-corrected chi connectivity index (χ2v) is 4.37. The van der Waals surface area contributed by atoms with Gasteiger partial charge in [0.05, 0.1) is 0 Å². The van der Waals surface area contributed by atoms with Gasteiger partial charge in [0.25, 0.3) is 0 Å². The van der Waals surface area contributed by atoms with E-state index in [1.54, 1.807) is 0 Å². The zero-order valence-electron chi connectivity index (χ0n) is 8.26. The Labute approximate surface area is 92.6 Å². The van der Waals surface area contributed by atoms with Crippen LogP contribution in [0.4, 0.5) is 4.39 Å². The zero-order chi connectivity index (χ0) is 10.6. The molecule has 0 saturated carbocycles. The Bertz CT molecular complexity index is 281. The minimum atomic E-state index is -0.235. The summed E-state index contributed by atoms with van der Waals surface area (Å²) in [5.74, 6) is -0.235. The van der Waals surface area contributed by atoms with E-state index in [1.807, 2.05) is 6.07 Å². The molecule has 14 heavy (non-hydrogen) atoms. The maximum Gasteiger partial charge on any atom is 0.124 e. The van der Waals surface area contributed by atoms with Crippen LogP contribution in [-0.4, -0.2) is 0 Å². The molecule has 0 aliphatic carbocycles. The molecule has 2 N–H and O–H groups in total. The Balaban J connectivity index is 2.73. The van der Waals surface area contributed by atoms with Crippen LogP contribution >= 0.6 is 15.9 Å². The Morgan fingerprint density at radius 2 is 2.14 bits per heavy atom. The lowest BCUT2D eigenvalue weighted by molar-refractivity contribution is 0.587. The van der Waals surface area contributed by atoms with Gasteiger partial charge in [0.2, 0.25) is 0 Å². The van der Waals surface area contributed by atoms with Crippen LogP contribution in [0, 0.1) is 5.82 Å². The molecular weight excluding hydrogens is 245 g/mol. The first-order chi connectivity index (χ1) is 6.63. The SMILES string of the molecule is CCCCC(N)c1cc(F)cc(Br)c1. The van der Waals surface area contributed by atoms with Gasteiger partial charge in [-0.25, -0.2) is 4.39 Å². The highest BCUT2D eigenvalue weighted by Crippen LogP contribution is 2.22. The van der Waals surface area contributed by atoms with Crippen molar-refractivity contribution in [3.05, 3.63) is 34.1 Å². The maximum absolute atomic E-state index is 13.0. The first kappa shape index (κ1) is 11.7. The van der Waals surface area contributed by atoms with Crippen LogP contribution in [0.15, 0.2) is 22.7 Å². The summed E-state index contributed by atoms with van der Waals surface area (Å²) in [7, 11) is 0. The van der Waals surface area contributed by atoms with E-state index in [-0.39, 0.29) is 11.9 Å². The summed E-state index contributed by atoms with van der Waals surface area (Å²) in [5, 5.41) is 0. The average Bonchev–Trinajstić information content (AvgIpc) is 2.12. The van der Waals surface area contributed by atoms with Crippen LogP contribution in [0.5, 0.6) is 0 Å². The van der Waals surface area contributed by atoms with Gasteiger partial charge in [0, 0.05) is 10.5 Å². The van der Waals surface area contributed by atoms with Gasteiger partial charge >= 0.3 is 0 Å². The van der Waals surface area contributed by atoms with Crippen molar-refractivity contribution >= 4 is 15.9 Å². The van der Waals surface area contributed by atoms with Gasteiger partial charge in [0.1, 0.15) is 5.82 Å². The van der Waals surface area contributed by atoms with Crippen molar-refractivity contribution in [3.8, 4) is 0 Å². The van der Waals surface area contributed by atoms with Crippen molar-refractivity contribution in [1.29, 1.82) is 0 Å². The zero-order valence-corrected chi connectivity index (χ0v) is 9.85. The summed E-state index contributed by atoms with van der Waals surface area (Å²) in [5.41, 5.74) is 6.80. The van der Waals surface area contributed by atoms with E-state index in [4.69, 9.17) is 5.73 Å². The van der Waals surface area contributed by atoms with Crippen LogP contribution in [0.2, 0.25) is 0 Å². The molecule has 0 aliphatic rings. The largest absolute Gasteiger partial charge is 0.324 e. The fourth-order valence-electron chi connectivity index (χ4n) is 1.38. The highest BCUT2D eigenvalue weighted by atomic mass is 79.9. The van der Waals surface area contributed by atoms with Gasteiger partial charge in [-0.15, -0.1) is 0 Å². The molecule has 0 amide bonds. The van der Waals surface area contributed by atoms with Gasteiger partial charge in [-0.3, -0.25) is 0 Å². The van der Waals surface area contributed by atoms with Gasteiger partial charge in [0.15, 0.2) is 0 Å². The number of rotatable bonds is 4. The van der Waals surface area contributed by atoms with Gasteiger partial charge in [-0.2, -0.15) is 0 Å². The Morgan fingerprint density at radius 1 is 1.43 bits per heavy atom. The molecule has 1 unspecified atom stereocenters. The summed E-state index contributed by atoms with van der Waals surface area (Å²) >= 11 is 3.25. The van der Waals surface area contributed by atoms with E-state index >= 15 is 0 Å². The minimum absolute atomic E-state index is 0.0538. The Kier molecular flexibility index (Phi) is 4.55. The van der Waals surface area contributed by atoms with Crippen molar-refractivity contribution in [1.82, 2.24) is 0 Å². The molecule has 0 bridgehead atoms. The lowest BCUT2D eigenvalue weighted by Crippen LogP contribution is -2.10. The number of benzene rings is 1. The summed E-state index contributed by atoms with van der Waals surface area (Å²) in [4.78, 5) is 0. The van der Waals surface area contributed by atoms with Crippen LogP contribution in [-0.2, 0) is 0 Å². The second kappa shape index (κ2) is 5.47. The molecule has 0 spiro atoms. The molecule has 3 heteroatoms. The number of nitrogens with two attached hydrogens (primary N) is 1. The average molecular weight is 260 g/mol. The predicted octanol–water partition coefficient (Wildman–Crippen LogP) is 3.78. The molecule has 0 heterocycles. The summed E-state index contributed by atoms with van der Waals surface area (Å²) in [6.45, 7) is 2.12. The molecule has 1 rings (SSSR count). The fraction of sp³-hybridized carbons (Fsp3) is 0.455. The summed E-state index contributed by atoms with van der Waals surface area (Å²) < 4.78 is 13.8. The van der Waals surface area contributed by atoms with Crippen molar-refractivity contribution in [2.24, 2.45) is 5.73 Å². The third-order valence-electron chi connectivity index (χ3n) is 2.18. The standard InChI is InChI=1S/C11H15BrFN/c1-2-3-4-11(14)8-5-9(12)7-10(13)6-8/h5-7,11H,2-4,14H2,1H3.